The van der Waals surface area contributed by atoms with Crippen LogP contribution in [0, 0.1) is 12.3 Å². The molecule has 0 atom stereocenters. The van der Waals surface area contributed by atoms with Gasteiger partial charge in [0.25, 0.3) is 0 Å². The third-order valence-corrected chi connectivity index (χ3v) is 5.37. The van der Waals surface area contributed by atoms with Crippen LogP contribution in [-0.2, 0) is 19.2 Å². The van der Waals surface area contributed by atoms with E-state index >= 15 is 0 Å². The summed E-state index contributed by atoms with van der Waals surface area (Å²) in [6, 6.07) is 19.1. The van der Waals surface area contributed by atoms with Crippen molar-refractivity contribution >= 4 is 22.1 Å². The number of pyridine rings is 2. The molecule has 0 bridgehead atoms. The zero-order valence-corrected chi connectivity index (χ0v) is 18.9. The number of aryl methyl sites for hydroxylation is 3. The lowest BCUT2D eigenvalue weighted by molar-refractivity contribution is 0.411. The van der Waals surface area contributed by atoms with Gasteiger partial charge in [-0.15, -0.1) is 0 Å². The van der Waals surface area contributed by atoms with Crippen LogP contribution in [0.2, 0.25) is 0 Å². The fraction of sp³-hybridized carbons (Fsp3) is 0.267. The molecule has 33 heavy (non-hydrogen) atoms. The molecule has 0 fully saturated rings. The molecule has 5 aromatic rings. The van der Waals surface area contributed by atoms with Gasteiger partial charge in [-0.3, -0.25) is 4.98 Å². The summed E-state index contributed by atoms with van der Waals surface area (Å²) in [6.07, 6.45) is -1.53. The van der Waals surface area contributed by atoms with Crippen LogP contribution in [0.25, 0.3) is 33.3 Å². The van der Waals surface area contributed by atoms with E-state index in [9.17, 15) is 0 Å². The standard InChI is InChI=1S/C30H30N2O/c1-20-8-15-25-24-6-5-7-26(28(24)33-29(25)32-20)27-18-22(16-17-31-27)12-9-21-10-13-23(14-11-21)19-30(2,3)4/h5-8,10-11,13-18H,9,12,19H2,1-4H3/i1D3,9D2,19D2. The second-order valence-electron chi connectivity index (χ2n) is 9.19. The average molecular weight is 442 g/mol. The fourth-order valence-electron chi connectivity index (χ4n) is 3.92. The Morgan fingerprint density at radius 2 is 1.73 bits per heavy atom. The Balaban J connectivity index is 1.47. The van der Waals surface area contributed by atoms with Gasteiger partial charge in [-0.25, -0.2) is 4.98 Å². The average Bonchev–Trinajstić information content (AvgIpc) is 3.25. The van der Waals surface area contributed by atoms with Crippen LogP contribution < -0.4 is 0 Å². The van der Waals surface area contributed by atoms with E-state index in [-0.39, 0.29) is 17.8 Å². The molecular formula is C30H30N2O. The maximum Gasteiger partial charge on any atom is 0.227 e. The lowest BCUT2D eigenvalue weighted by Gasteiger charge is -2.18. The van der Waals surface area contributed by atoms with Crippen molar-refractivity contribution in [3.05, 3.63) is 95.3 Å². The second kappa shape index (κ2) is 8.47. The van der Waals surface area contributed by atoms with Gasteiger partial charge in [-0.05, 0) is 78.5 Å². The third kappa shape index (κ3) is 4.68. The number of hydrogen-bond acceptors (Lipinski definition) is 3. The number of hydrogen-bond donors (Lipinski definition) is 0. The van der Waals surface area contributed by atoms with Crippen molar-refractivity contribution < 1.29 is 14.0 Å². The van der Waals surface area contributed by atoms with Crippen LogP contribution in [0.3, 0.4) is 0 Å². The Bertz CT molecular complexity index is 1700. The summed E-state index contributed by atoms with van der Waals surface area (Å²) in [5.41, 5.74) is 3.15. The first-order valence-electron chi connectivity index (χ1n) is 14.5. The summed E-state index contributed by atoms with van der Waals surface area (Å²) in [5, 5.41) is 1.49. The molecule has 0 radical (unpaired) electrons. The number of benzene rings is 2. The molecule has 0 aliphatic carbocycles. The van der Waals surface area contributed by atoms with E-state index in [0.29, 0.717) is 33.4 Å². The van der Waals surface area contributed by atoms with Gasteiger partial charge in [0, 0.05) is 37.8 Å². The highest BCUT2D eigenvalue weighted by molar-refractivity contribution is 6.08. The summed E-state index contributed by atoms with van der Waals surface area (Å²) < 4.78 is 63.5. The molecular weight excluding hydrogens is 404 g/mol. The largest absolute Gasteiger partial charge is 0.437 e. The topological polar surface area (TPSA) is 38.9 Å². The van der Waals surface area contributed by atoms with Crippen LogP contribution in [0.1, 0.15) is 52.8 Å². The van der Waals surface area contributed by atoms with Gasteiger partial charge in [0.15, 0.2) is 0 Å². The van der Waals surface area contributed by atoms with Crippen molar-refractivity contribution in [1.29, 1.82) is 0 Å². The van der Waals surface area contributed by atoms with Gasteiger partial charge >= 0.3 is 0 Å². The second-order valence-corrected chi connectivity index (χ2v) is 9.19. The predicted molar refractivity (Wildman–Crippen MR) is 136 cm³/mol. The summed E-state index contributed by atoms with van der Waals surface area (Å²) in [4.78, 5) is 8.75. The van der Waals surface area contributed by atoms with Crippen molar-refractivity contribution in [3.8, 4) is 11.3 Å². The normalized spacial score (nSPS) is 16.4. The van der Waals surface area contributed by atoms with Crippen molar-refractivity contribution in [2.75, 3.05) is 0 Å². The van der Waals surface area contributed by atoms with Crippen LogP contribution in [0.4, 0.5) is 0 Å². The van der Waals surface area contributed by atoms with Gasteiger partial charge in [-0.1, -0.05) is 57.2 Å². The summed E-state index contributed by atoms with van der Waals surface area (Å²) >= 11 is 0. The van der Waals surface area contributed by atoms with Gasteiger partial charge in [0.2, 0.25) is 5.71 Å². The van der Waals surface area contributed by atoms with Gasteiger partial charge in [-0.2, -0.15) is 0 Å². The highest BCUT2D eigenvalue weighted by Gasteiger charge is 2.14. The summed E-state index contributed by atoms with van der Waals surface area (Å²) in [5.74, 6) is 0. The monoisotopic (exact) mass is 441 g/mol. The SMILES string of the molecule is [2H]C([2H])([2H])c1ccc2c(n1)oc1c(-c3cc(CC([2H])([2H])c4ccc(C([2H])([2H])C(C)(C)C)cc4)ccn3)cccc12. The minimum atomic E-state index is -2.34. The van der Waals surface area contributed by atoms with Crippen LogP contribution >= 0.6 is 0 Å². The molecule has 3 aromatic heterocycles. The molecule has 0 aliphatic rings. The lowest BCUT2D eigenvalue weighted by Crippen LogP contribution is -2.09. The molecule has 0 aliphatic heterocycles. The third-order valence-electron chi connectivity index (χ3n) is 5.37. The summed E-state index contributed by atoms with van der Waals surface area (Å²) in [7, 11) is 0. The Hall–Kier alpha value is -3.46. The number of nitrogens with zero attached hydrogens (tertiary/aromatic N) is 2. The summed E-state index contributed by atoms with van der Waals surface area (Å²) in [6.45, 7) is 3.19. The zero-order chi connectivity index (χ0) is 29.1. The van der Waals surface area contributed by atoms with Gasteiger partial charge < -0.3 is 4.42 Å². The molecule has 0 N–H and O–H groups in total. The first-order valence-corrected chi connectivity index (χ1v) is 11.0. The van der Waals surface area contributed by atoms with Crippen molar-refractivity contribution in [2.45, 2.75) is 46.8 Å². The van der Waals surface area contributed by atoms with E-state index in [1.54, 1.807) is 42.6 Å². The van der Waals surface area contributed by atoms with Gasteiger partial charge in [0.1, 0.15) is 5.58 Å². The Labute approximate surface area is 205 Å². The van der Waals surface area contributed by atoms with E-state index in [0.717, 1.165) is 10.9 Å². The minimum Gasteiger partial charge on any atom is -0.437 e. The maximum absolute atomic E-state index is 8.78. The minimum absolute atomic E-state index is 0.0365. The molecule has 0 amide bonds. The number of aromatic nitrogens is 2. The quantitative estimate of drug-likeness (QED) is 0.280. The van der Waals surface area contributed by atoms with Crippen molar-refractivity contribution in [3.63, 3.8) is 0 Å². The molecule has 3 heterocycles. The predicted octanol–water partition coefficient (Wildman–Crippen LogP) is 7.73. The molecule has 2 aromatic carbocycles. The Kier molecular flexibility index (Phi) is 3.76. The van der Waals surface area contributed by atoms with E-state index in [1.165, 1.54) is 6.07 Å². The smallest absolute Gasteiger partial charge is 0.227 e. The van der Waals surface area contributed by atoms with E-state index < -0.39 is 25.0 Å². The number of furan rings is 1. The van der Waals surface area contributed by atoms with Crippen molar-refractivity contribution in [1.82, 2.24) is 9.97 Å². The van der Waals surface area contributed by atoms with Crippen molar-refractivity contribution in [2.24, 2.45) is 5.41 Å². The lowest BCUT2D eigenvalue weighted by atomic mass is 9.88. The highest BCUT2D eigenvalue weighted by atomic mass is 16.3. The van der Waals surface area contributed by atoms with E-state index in [4.69, 9.17) is 14.0 Å². The first-order chi connectivity index (χ1) is 18.6. The molecule has 0 saturated carbocycles. The molecule has 3 nitrogen and oxygen atoms in total. The highest BCUT2D eigenvalue weighted by Crippen LogP contribution is 2.34. The molecule has 0 spiro atoms. The fourth-order valence-corrected chi connectivity index (χ4v) is 3.92. The van der Waals surface area contributed by atoms with Crippen LogP contribution in [-0.4, -0.2) is 9.97 Å². The zero-order valence-electron chi connectivity index (χ0n) is 25.9. The molecule has 0 unspecified atom stereocenters. The number of rotatable bonds is 5. The number of para-hydroxylation sites is 1. The molecule has 3 heteroatoms. The van der Waals surface area contributed by atoms with Crippen LogP contribution in [0.15, 0.2) is 77.3 Å². The van der Waals surface area contributed by atoms with E-state index in [2.05, 4.69) is 9.97 Å². The molecule has 166 valence electrons. The first kappa shape index (κ1) is 14.6. The van der Waals surface area contributed by atoms with Crippen LogP contribution in [0.5, 0.6) is 0 Å². The Morgan fingerprint density at radius 3 is 2.52 bits per heavy atom. The van der Waals surface area contributed by atoms with E-state index in [1.807, 2.05) is 45.0 Å². The molecule has 0 saturated heterocycles. The molecule has 5 rings (SSSR count). The van der Waals surface area contributed by atoms with Gasteiger partial charge in [0.05, 0.1) is 5.69 Å². The Morgan fingerprint density at radius 1 is 0.909 bits per heavy atom. The maximum atomic E-state index is 8.78. The number of fused-ring (bicyclic) bond motifs is 3.